The molecule has 1 aliphatic heterocycles. The van der Waals surface area contributed by atoms with Crippen LogP contribution in [0.5, 0.6) is 0 Å². The molecule has 0 bridgehead atoms. The predicted octanol–water partition coefficient (Wildman–Crippen LogP) is 3.32. The minimum atomic E-state index is -0.324. The molecule has 2 aromatic heterocycles. The molecule has 0 saturated carbocycles. The van der Waals surface area contributed by atoms with Gasteiger partial charge in [-0.1, -0.05) is 17.8 Å². The monoisotopic (exact) mass is 392 g/mol. The van der Waals surface area contributed by atoms with E-state index in [2.05, 4.69) is 15.3 Å². The van der Waals surface area contributed by atoms with Gasteiger partial charge in [-0.25, -0.2) is 9.37 Å². The lowest BCUT2D eigenvalue weighted by Crippen LogP contribution is -2.46. The lowest BCUT2D eigenvalue weighted by molar-refractivity contribution is 0.0727. The molecule has 1 saturated heterocycles. The fourth-order valence-corrected chi connectivity index (χ4v) is 3.92. The molecule has 136 valence electrons. The molecule has 5 nitrogen and oxygen atoms in total. The molecule has 1 amide bonds. The molecule has 1 aliphatic rings. The Bertz CT molecular complexity index is 912. The number of hydrogen-bond donors (Lipinski definition) is 2. The Balaban J connectivity index is 0.00000196. The summed E-state index contributed by atoms with van der Waals surface area (Å²) >= 11 is 1.38. The molecule has 3 heterocycles. The number of carbonyl (C=O) groups is 1. The minimum absolute atomic E-state index is 0. The van der Waals surface area contributed by atoms with Crippen LogP contribution in [0.15, 0.2) is 52.5 Å². The van der Waals surface area contributed by atoms with Crippen molar-refractivity contribution in [3.8, 4) is 0 Å². The van der Waals surface area contributed by atoms with Crippen molar-refractivity contribution in [3.63, 3.8) is 0 Å². The molecule has 3 aromatic rings. The molecule has 4 rings (SSSR count). The second-order valence-corrected chi connectivity index (χ2v) is 6.86. The van der Waals surface area contributed by atoms with Crippen LogP contribution in [-0.2, 0) is 0 Å². The number of H-pyrrole nitrogens is 1. The van der Waals surface area contributed by atoms with E-state index in [1.165, 1.54) is 23.9 Å². The number of amides is 1. The van der Waals surface area contributed by atoms with E-state index >= 15 is 0 Å². The number of aromatic nitrogens is 2. The Morgan fingerprint density at radius 2 is 2.00 bits per heavy atom. The second-order valence-electron chi connectivity index (χ2n) is 5.83. The van der Waals surface area contributed by atoms with Crippen molar-refractivity contribution >= 4 is 41.0 Å². The van der Waals surface area contributed by atoms with Gasteiger partial charge in [0.1, 0.15) is 16.5 Å². The maximum Gasteiger partial charge on any atom is 0.271 e. The van der Waals surface area contributed by atoms with Crippen molar-refractivity contribution in [2.75, 3.05) is 26.2 Å². The van der Waals surface area contributed by atoms with Crippen LogP contribution in [-0.4, -0.2) is 47.0 Å². The first kappa shape index (κ1) is 18.7. The van der Waals surface area contributed by atoms with Gasteiger partial charge in [-0.15, -0.1) is 12.4 Å². The van der Waals surface area contributed by atoms with E-state index < -0.39 is 0 Å². The van der Waals surface area contributed by atoms with Gasteiger partial charge < -0.3 is 15.2 Å². The summed E-state index contributed by atoms with van der Waals surface area (Å²) in [4.78, 5) is 23.0. The van der Waals surface area contributed by atoms with Crippen LogP contribution in [0.25, 0.3) is 10.9 Å². The number of fused-ring (bicyclic) bond motifs is 1. The molecule has 0 atom stereocenters. The molecule has 1 fully saturated rings. The highest BCUT2D eigenvalue weighted by atomic mass is 35.5. The first-order valence-electron chi connectivity index (χ1n) is 8.12. The van der Waals surface area contributed by atoms with Crippen molar-refractivity contribution in [1.82, 2.24) is 20.2 Å². The van der Waals surface area contributed by atoms with Crippen LogP contribution in [0.4, 0.5) is 4.39 Å². The molecular formula is C18H18ClFN4OS. The average Bonchev–Trinajstić information content (AvgIpc) is 3.00. The lowest BCUT2D eigenvalue weighted by atomic mass is 10.2. The smallest absolute Gasteiger partial charge is 0.271 e. The zero-order valence-electron chi connectivity index (χ0n) is 13.9. The summed E-state index contributed by atoms with van der Waals surface area (Å²) in [5.74, 6) is -0.382. The molecule has 0 aliphatic carbocycles. The summed E-state index contributed by atoms with van der Waals surface area (Å²) in [5, 5.41) is 4.71. The Morgan fingerprint density at radius 1 is 1.19 bits per heavy atom. The van der Waals surface area contributed by atoms with Crippen LogP contribution in [0.3, 0.4) is 0 Å². The highest BCUT2D eigenvalue weighted by Crippen LogP contribution is 2.36. The van der Waals surface area contributed by atoms with E-state index in [9.17, 15) is 9.18 Å². The van der Waals surface area contributed by atoms with Crippen molar-refractivity contribution in [3.05, 3.63) is 54.1 Å². The van der Waals surface area contributed by atoms with Crippen molar-refractivity contribution < 1.29 is 9.18 Å². The summed E-state index contributed by atoms with van der Waals surface area (Å²) < 4.78 is 13.8. The van der Waals surface area contributed by atoms with Crippen LogP contribution < -0.4 is 5.32 Å². The first-order valence-corrected chi connectivity index (χ1v) is 8.94. The number of benzene rings is 1. The number of aromatic amines is 1. The van der Waals surface area contributed by atoms with Gasteiger partial charge in [-0.05, 0) is 30.3 Å². The van der Waals surface area contributed by atoms with Crippen LogP contribution in [0.2, 0.25) is 0 Å². The van der Waals surface area contributed by atoms with E-state index in [-0.39, 0.29) is 24.1 Å². The average molecular weight is 393 g/mol. The molecule has 0 spiro atoms. The predicted molar refractivity (Wildman–Crippen MR) is 103 cm³/mol. The highest BCUT2D eigenvalue weighted by Gasteiger charge is 2.25. The molecular weight excluding hydrogens is 375 g/mol. The number of pyridine rings is 1. The van der Waals surface area contributed by atoms with Gasteiger partial charge in [-0.2, -0.15) is 0 Å². The van der Waals surface area contributed by atoms with Crippen molar-refractivity contribution in [2.24, 2.45) is 0 Å². The fourth-order valence-electron chi connectivity index (χ4n) is 2.93. The van der Waals surface area contributed by atoms with Gasteiger partial charge in [0.25, 0.3) is 5.91 Å². The second kappa shape index (κ2) is 8.07. The molecule has 2 N–H and O–H groups in total. The van der Waals surface area contributed by atoms with E-state index in [0.29, 0.717) is 24.2 Å². The normalized spacial score (nSPS) is 14.3. The third-order valence-electron chi connectivity index (χ3n) is 4.18. The van der Waals surface area contributed by atoms with Crippen LogP contribution in [0.1, 0.15) is 10.5 Å². The van der Waals surface area contributed by atoms with Crippen LogP contribution >= 0.6 is 24.2 Å². The van der Waals surface area contributed by atoms with E-state index in [0.717, 1.165) is 28.5 Å². The Kier molecular flexibility index (Phi) is 5.80. The van der Waals surface area contributed by atoms with Gasteiger partial charge in [0.15, 0.2) is 0 Å². The number of carbonyl (C=O) groups excluding carboxylic acids is 1. The zero-order chi connectivity index (χ0) is 17.2. The SMILES string of the molecule is Cl.O=C(c1[nH]c2ccc(F)cc2c1Sc1ccccn1)N1CCNCC1. The third kappa shape index (κ3) is 3.70. The topological polar surface area (TPSA) is 61.0 Å². The Labute approximate surface area is 160 Å². The minimum Gasteiger partial charge on any atom is -0.350 e. The van der Waals surface area contributed by atoms with Gasteiger partial charge in [0.2, 0.25) is 0 Å². The van der Waals surface area contributed by atoms with Crippen molar-refractivity contribution in [2.45, 2.75) is 9.92 Å². The standard InChI is InChI=1S/C18H17FN4OS.ClH/c19-12-4-5-14-13(11-12)17(25-15-3-1-2-6-21-15)16(22-14)18(24)23-9-7-20-8-10-23;/h1-6,11,20,22H,7-10H2;1H. The largest absolute Gasteiger partial charge is 0.350 e. The van der Waals surface area contributed by atoms with Gasteiger partial charge in [-0.3, -0.25) is 4.79 Å². The number of rotatable bonds is 3. The van der Waals surface area contributed by atoms with E-state index in [1.807, 2.05) is 23.1 Å². The molecule has 26 heavy (non-hydrogen) atoms. The molecule has 0 radical (unpaired) electrons. The molecule has 1 aromatic carbocycles. The number of nitrogens with one attached hydrogen (secondary N) is 2. The van der Waals surface area contributed by atoms with Gasteiger partial charge in [0.05, 0.1) is 4.90 Å². The Morgan fingerprint density at radius 3 is 2.73 bits per heavy atom. The number of halogens is 2. The van der Waals surface area contributed by atoms with E-state index in [4.69, 9.17) is 0 Å². The Hall–Kier alpha value is -2.09. The molecule has 0 unspecified atom stereocenters. The van der Waals surface area contributed by atoms with Crippen LogP contribution in [0, 0.1) is 5.82 Å². The maximum absolute atomic E-state index is 13.8. The highest BCUT2D eigenvalue weighted by molar-refractivity contribution is 7.99. The third-order valence-corrected chi connectivity index (χ3v) is 5.25. The lowest BCUT2D eigenvalue weighted by Gasteiger charge is -2.27. The molecule has 8 heteroatoms. The first-order chi connectivity index (χ1) is 12.2. The fraction of sp³-hybridized carbons (Fsp3) is 0.222. The number of piperazine rings is 1. The summed E-state index contributed by atoms with van der Waals surface area (Å²) in [6.45, 7) is 2.89. The summed E-state index contributed by atoms with van der Waals surface area (Å²) in [6, 6.07) is 10.1. The number of hydrogen-bond acceptors (Lipinski definition) is 4. The van der Waals surface area contributed by atoms with Gasteiger partial charge in [0, 0.05) is 43.3 Å². The van der Waals surface area contributed by atoms with Gasteiger partial charge >= 0.3 is 0 Å². The zero-order valence-corrected chi connectivity index (χ0v) is 15.5. The number of nitrogens with zero attached hydrogens (tertiary/aromatic N) is 2. The summed E-state index contributed by atoms with van der Waals surface area (Å²) in [5.41, 5.74) is 1.25. The quantitative estimate of drug-likeness (QED) is 0.717. The van der Waals surface area contributed by atoms with E-state index in [1.54, 1.807) is 12.3 Å². The summed E-state index contributed by atoms with van der Waals surface area (Å²) in [7, 11) is 0. The maximum atomic E-state index is 13.8. The van der Waals surface area contributed by atoms with Crippen molar-refractivity contribution in [1.29, 1.82) is 0 Å². The summed E-state index contributed by atoms with van der Waals surface area (Å²) in [6.07, 6.45) is 1.70.